The Balaban J connectivity index is 1.72. The molecule has 0 aromatic carbocycles. The highest BCUT2D eigenvalue weighted by molar-refractivity contribution is 7.99. The quantitative estimate of drug-likeness (QED) is 0.886. The first kappa shape index (κ1) is 13.4. The molecule has 1 aliphatic rings. The van der Waals surface area contributed by atoms with Crippen LogP contribution in [0.25, 0.3) is 0 Å². The van der Waals surface area contributed by atoms with Gasteiger partial charge in [0.1, 0.15) is 0 Å². The Morgan fingerprint density at radius 3 is 3.28 bits per heavy atom. The summed E-state index contributed by atoms with van der Waals surface area (Å²) < 4.78 is 0. The highest BCUT2D eigenvalue weighted by Crippen LogP contribution is 2.17. The molecule has 1 atom stereocenters. The molecule has 1 amide bonds. The van der Waals surface area contributed by atoms with Crippen LogP contribution in [0, 0.1) is 0 Å². The number of amides is 1. The van der Waals surface area contributed by atoms with E-state index < -0.39 is 0 Å². The summed E-state index contributed by atoms with van der Waals surface area (Å²) in [5.74, 6) is 1.22. The smallest absolute Gasteiger partial charge is 0.234 e. The normalized spacial score (nSPS) is 20.6. The van der Waals surface area contributed by atoms with E-state index in [-0.39, 0.29) is 5.91 Å². The van der Waals surface area contributed by atoms with Crippen molar-refractivity contribution < 1.29 is 4.79 Å². The number of carbonyl (C=O) groups is 1. The zero-order valence-electron chi connectivity index (χ0n) is 10.6. The van der Waals surface area contributed by atoms with Gasteiger partial charge in [-0.3, -0.25) is 14.7 Å². The van der Waals surface area contributed by atoms with Crippen LogP contribution in [-0.4, -0.2) is 46.4 Å². The van der Waals surface area contributed by atoms with Crippen LogP contribution < -0.4 is 5.32 Å². The second-order valence-electron chi connectivity index (χ2n) is 4.55. The van der Waals surface area contributed by atoms with Gasteiger partial charge < -0.3 is 5.32 Å². The first-order valence-electron chi connectivity index (χ1n) is 6.23. The first-order valence-corrected chi connectivity index (χ1v) is 7.28. The minimum atomic E-state index is 0.0953. The fourth-order valence-corrected chi connectivity index (χ4v) is 3.08. The molecular formula is C13H19N3OS. The van der Waals surface area contributed by atoms with Gasteiger partial charge in [-0.1, -0.05) is 13.0 Å². The Morgan fingerprint density at radius 2 is 2.56 bits per heavy atom. The van der Waals surface area contributed by atoms with Crippen molar-refractivity contribution in [1.29, 1.82) is 0 Å². The summed E-state index contributed by atoms with van der Waals surface area (Å²) in [5, 5.41) is 3.56. The number of pyridine rings is 1. The number of hydrogen-bond donors (Lipinski definition) is 1. The Labute approximate surface area is 112 Å². The second kappa shape index (κ2) is 6.75. The molecule has 1 aliphatic heterocycles. The zero-order chi connectivity index (χ0) is 12.8. The van der Waals surface area contributed by atoms with E-state index in [0.29, 0.717) is 18.3 Å². The van der Waals surface area contributed by atoms with Gasteiger partial charge >= 0.3 is 0 Å². The van der Waals surface area contributed by atoms with Gasteiger partial charge in [0.25, 0.3) is 0 Å². The number of nitrogens with one attached hydrogen (secondary N) is 1. The van der Waals surface area contributed by atoms with Gasteiger partial charge in [0.2, 0.25) is 5.91 Å². The van der Waals surface area contributed by atoms with Crippen molar-refractivity contribution in [3.05, 3.63) is 30.1 Å². The molecule has 1 N–H and O–H groups in total. The first-order chi connectivity index (χ1) is 8.74. The van der Waals surface area contributed by atoms with Crippen molar-refractivity contribution in [2.24, 2.45) is 0 Å². The van der Waals surface area contributed by atoms with E-state index in [4.69, 9.17) is 0 Å². The van der Waals surface area contributed by atoms with Gasteiger partial charge in [-0.2, -0.15) is 11.8 Å². The number of rotatable bonds is 4. The lowest BCUT2D eigenvalue weighted by atomic mass is 10.3. The van der Waals surface area contributed by atoms with Crippen LogP contribution in [0.5, 0.6) is 0 Å². The van der Waals surface area contributed by atoms with Crippen LogP contribution in [-0.2, 0) is 11.3 Å². The van der Waals surface area contributed by atoms with Gasteiger partial charge in [-0.25, -0.2) is 0 Å². The van der Waals surface area contributed by atoms with Crippen molar-refractivity contribution >= 4 is 17.7 Å². The molecule has 1 fully saturated rings. The molecule has 1 aromatic rings. The maximum Gasteiger partial charge on any atom is 0.234 e. The Kier molecular flexibility index (Phi) is 5.01. The van der Waals surface area contributed by atoms with E-state index in [2.05, 4.69) is 22.1 Å². The van der Waals surface area contributed by atoms with E-state index in [9.17, 15) is 4.79 Å². The van der Waals surface area contributed by atoms with E-state index in [0.717, 1.165) is 24.4 Å². The predicted molar refractivity (Wildman–Crippen MR) is 74.4 cm³/mol. The summed E-state index contributed by atoms with van der Waals surface area (Å²) in [7, 11) is 0. The summed E-state index contributed by atoms with van der Waals surface area (Å²) in [4.78, 5) is 18.1. The van der Waals surface area contributed by atoms with Crippen molar-refractivity contribution in [2.45, 2.75) is 18.7 Å². The van der Waals surface area contributed by atoms with Crippen molar-refractivity contribution in [3.63, 3.8) is 0 Å². The molecule has 0 radical (unpaired) electrons. The molecule has 0 saturated carbocycles. The van der Waals surface area contributed by atoms with E-state index in [1.165, 1.54) is 0 Å². The van der Waals surface area contributed by atoms with E-state index in [1.54, 1.807) is 12.4 Å². The SMILES string of the molecule is CC1CN(CC(=O)NCc2cccnc2)CCS1. The lowest BCUT2D eigenvalue weighted by Crippen LogP contribution is -2.43. The van der Waals surface area contributed by atoms with Gasteiger partial charge in [-0.05, 0) is 11.6 Å². The molecule has 1 unspecified atom stereocenters. The monoisotopic (exact) mass is 265 g/mol. The lowest BCUT2D eigenvalue weighted by Gasteiger charge is -2.29. The third-order valence-corrected chi connectivity index (χ3v) is 4.04. The van der Waals surface area contributed by atoms with Gasteiger partial charge in [-0.15, -0.1) is 0 Å². The molecule has 2 rings (SSSR count). The summed E-state index contributed by atoms with van der Waals surface area (Å²) in [6, 6.07) is 3.85. The lowest BCUT2D eigenvalue weighted by molar-refractivity contribution is -0.122. The maximum atomic E-state index is 11.8. The average Bonchev–Trinajstić information content (AvgIpc) is 2.38. The highest BCUT2D eigenvalue weighted by Gasteiger charge is 2.18. The number of nitrogens with zero attached hydrogens (tertiary/aromatic N) is 2. The molecule has 1 saturated heterocycles. The number of hydrogen-bond acceptors (Lipinski definition) is 4. The van der Waals surface area contributed by atoms with Crippen LogP contribution in [0.2, 0.25) is 0 Å². The zero-order valence-corrected chi connectivity index (χ0v) is 11.4. The average molecular weight is 265 g/mol. The molecular weight excluding hydrogens is 246 g/mol. The molecule has 0 aliphatic carbocycles. The number of aromatic nitrogens is 1. The molecule has 18 heavy (non-hydrogen) atoms. The van der Waals surface area contributed by atoms with Crippen molar-refractivity contribution in [2.75, 3.05) is 25.4 Å². The minimum Gasteiger partial charge on any atom is -0.351 e. The molecule has 0 bridgehead atoms. The molecule has 2 heterocycles. The van der Waals surface area contributed by atoms with Gasteiger partial charge in [0, 0.05) is 43.0 Å². The van der Waals surface area contributed by atoms with Gasteiger partial charge in [0.15, 0.2) is 0 Å². The van der Waals surface area contributed by atoms with Crippen LogP contribution in [0.15, 0.2) is 24.5 Å². The van der Waals surface area contributed by atoms with Crippen LogP contribution in [0.4, 0.5) is 0 Å². The maximum absolute atomic E-state index is 11.8. The molecule has 5 heteroatoms. The third-order valence-electron chi connectivity index (χ3n) is 2.90. The predicted octanol–water partition coefficient (Wildman–Crippen LogP) is 1.14. The summed E-state index contributed by atoms with van der Waals surface area (Å²) >= 11 is 1.98. The summed E-state index contributed by atoms with van der Waals surface area (Å²) in [6.45, 7) is 5.29. The Bertz CT molecular complexity index is 385. The molecule has 1 aromatic heterocycles. The minimum absolute atomic E-state index is 0.0953. The van der Waals surface area contributed by atoms with Crippen LogP contribution >= 0.6 is 11.8 Å². The van der Waals surface area contributed by atoms with E-state index in [1.807, 2.05) is 23.9 Å². The fraction of sp³-hybridized carbons (Fsp3) is 0.538. The van der Waals surface area contributed by atoms with Crippen molar-refractivity contribution in [1.82, 2.24) is 15.2 Å². The highest BCUT2D eigenvalue weighted by atomic mass is 32.2. The summed E-state index contributed by atoms with van der Waals surface area (Å²) in [5.41, 5.74) is 1.04. The standard InChI is InChI=1S/C13H19N3OS/c1-11-9-16(5-6-18-11)10-13(17)15-8-12-3-2-4-14-7-12/h2-4,7,11H,5-6,8-10H2,1H3,(H,15,17). The van der Waals surface area contributed by atoms with Crippen LogP contribution in [0.3, 0.4) is 0 Å². The number of thioether (sulfide) groups is 1. The van der Waals surface area contributed by atoms with E-state index >= 15 is 0 Å². The van der Waals surface area contributed by atoms with Gasteiger partial charge in [0.05, 0.1) is 6.54 Å². The topological polar surface area (TPSA) is 45.2 Å². The fourth-order valence-electron chi connectivity index (χ4n) is 2.00. The van der Waals surface area contributed by atoms with Crippen molar-refractivity contribution in [3.8, 4) is 0 Å². The molecule has 4 nitrogen and oxygen atoms in total. The van der Waals surface area contributed by atoms with Crippen LogP contribution in [0.1, 0.15) is 12.5 Å². The molecule has 0 spiro atoms. The summed E-state index contributed by atoms with van der Waals surface area (Å²) in [6.07, 6.45) is 3.51. The Hall–Kier alpha value is -1.07. The largest absolute Gasteiger partial charge is 0.351 e. The third kappa shape index (κ3) is 4.31. The molecule has 98 valence electrons. The number of carbonyl (C=O) groups excluding carboxylic acids is 1. The Morgan fingerprint density at radius 1 is 1.67 bits per heavy atom. The second-order valence-corrected chi connectivity index (χ2v) is 6.10.